The minimum Gasteiger partial charge on any atom is -0.256 e. The maximum absolute atomic E-state index is 14.6. The van der Waals surface area contributed by atoms with Crippen LogP contribution in [-0.2, 0) is 5.41 Å². The summed E-state index contributed by atoms with van der Waals surface area (Å²) in [6, 6.07) is 11.7. The second-order valence-corrected chi connectivity index (χ2v) is 6.30. The van der Waals surface area contributed by atoms with E-state index in [9.17, 15) is 4.39 Å². The third kappa shape index (κ3) is 1.48. The van der Waals surface area contributed by atoms with Gasteiger partial charge in [-0.25, -0.2) is 4.39 Å². The normalized spacial score (nSPS) is 15.0. The van der Waals surface area contributed by atoms with Gasteiger partial charge in [-0.05, 0) is 35.6 Å². The van der Waals surface area contributed by atoms with E-state index in [1.807, 2.05) is 31.3 Å². The van der Waals surface area contributed by atoms with Gasteiger partial charge >= 0.3 is 0 Å². The van der Waals surface area contributed by atoms with Crippen molar-refractivity contribution in [1.82, 2.24) is 4.98 Å². The lowest BCUT2D eigenvalue weighted by atomic mass is 9.68. The van der Waals surface area contributed by atoms with E-state index in [4.69, 9.17) is 0 Å². The molecule has 0 radical (unpaired) electrons. The lowest BCUT2D eigenvalue weighted by molar-refractivity contribution is 0.549. The average molecular weight is 277 g/mol. The molecule has 4 rings (SSSR count). The fourth-order valence-electron chi connectivity index (χ4n) is 3.67. The summed E-state index contributed by atoms with van der Waals surface area (Å²) in [6.45, 7) is 6.22. The maximum Gasteiger partial charge on any atom is 0.127 e. The number of aryl methyl sites for hydroxylation is 1. The van der Waals surface area contributed by atoms with Crippen molar-refractivity contribution in [2.24, 2.45) is 0 Å². The summed E-state index contributed by atoms with van der Waals surface area (Å²) < 4.78 is 14.6. The molecule has 0 fully saturated rings. The molecule has 21 heavy (non-hydrogen) atoms. The highest BCUT2D eigenvalue weighted by Gasteiger charge is 2.37. The van der Waals surface area contributed by atoms with Crippen LogP contribution in [0.15, 0.2) is 42.6 Å². The quantitative estimate of drug-likeness (QED) is 0.564. The van der Waals surface area contributed by atoms with Gasteiger partial charge in [0.15, 0.2) is 0 Å². The van der Waals surface area contributed by atoms with Gasteiger partial charge in [-0.2, -0.15) is 0 Å². The molecule has 1 heterocycles. The number of hydrogen-bond acceptors (Lipinski definition) is 1. The Kier molecular flexibility index (Phi) is 2.33. The Bertz CT molecular complexity index is 888. The lowest BCUT2D eigenvalue weighted by Crippen LogP contribution is -2.26. The highest BCUT2D eigenvalue weighted by Crippen LogP contribution is 2.49. The third-order valence-corrected chi connectivity index (χ3v) is 4.69. The predicted molar refractivity (Wildman–Crippen MR) is 84.0 cm³/mol. The lowest BCUT2D eigenvalue weighted by Gasteiger charge is -2.35. The Hall–Kier alpha value is -2.22. The molecule has 2 aromatic carbocycles. The van der Waals surface area contributed by atoms with Gasteiger partial charge in [0.25, 0.3) is 0 Å². The number of fused-ring (bicyclic) bond motifs is 2. The molecule has 0 unspecified atom stereocenters. The van der Waals surface area contributed by atoms with Crippen molar-refractivity contribution in [3.63, 3.8) is 0 Å². The number of rotatable bonds is 0. The molecule has 104 valence electrons. The summed E-state index contributed by atoms with van der Waals surface area (Å²) in [5.74, 6) is -0.145. The molecule has 0 amide bonds. The first-order valence-corrected chi connectivity index (χ1v) is 7.20. The summed E-state index contributed by atoms with van der Waals surface area (Å²) in [7, 11) is 0. The minimum atomic E-state index is -0.360. The zero-order valence-corrected chi connectivity index (χ0v) is 12.4. The topological polar surface area (TPSA) is 12.9 Å². The first-order chi connectivity index (χ1) is 10.0. The maximum atomic E-state index is 14.6. The molecule has 0 N–H and O–H groups in total. The molecule has 0 saturated carbocycles. The molecule has 1 aliphatic carbocycles. The van der Waals surface area contributed by atoms with Crippen molar-refractivity contribution >= 4 is 10.8 Å². The first kappa shape index (κ1) is 12.5. The Labute approximate surface area is 123 Å². The Morgan fingerprint density at radius 2 is 1.86 bits per heavy atom. The highest BCUT2D eigenvalue weighted by atomic mass is 19.1. The van der Waals surface area contributed by atoms with Crippen LogP contribution in [0.1, 0.15) is 30.5 Å². The van der Waals surface area contributed by atoms with Crippen LogP contribution in [0.25, 0.3) is 22.0 Å². The molecule has 0 aliphatic heterocycles. The summed E-state index contributed by atoms with van der Waals surface area (Å²) >= 11 is 0. The molecule has 0 spiro atoms. The summed E-state index contributed by atoms with van der Waals surface area (Å²) in [4.78, 5) is 4.58. The molecular weight excluding hydrogens is 261 g/mol. The van der Waals surface area contributed by atoms with E-state index in [-0.39, 0.29) is 11.2 Å². The molecule has 0 saturated heterocycles. The monoisotopic (exact) mass is 277 g/mol. The van der Waals surface area contributed by atoms with Gasteiger partial charge < -0.3 is 0 Å². The molecule has 1 nitrogen and oxygen atoms in total. The van der Waals surface area contributed by atoms with E-state index in [0.29, 0.717) is 0 Å². The van der Waals surface area contributed by atoms with Gasteiger partial charge in [0.1, 0.15) is 5.82 Å². The fourth-order valence-corrected chi connectivity index (χ4v) is 3.67. The zero-order valence-electron chi connectivity index (χ0n) is 12.4. The van der Waals surface area contributed by atoms with E-state index < -0.39 is 0 Å². The van der Waals surface area contributed by atoms with E-state index in [2.05, 4.69) is 31.0 Å². The SMILES string of the molecule is Cc1ccc(F)c2c1-c1nccc3cccc(c13)C2(C)C. The van der Waals surface area contributed by atoms with E-state index in [0.717, 1.165) is 33.3 Å². The predicted octanol–water partition coefficient (Wildman–Crippen LogP) is 4.99. The zero-order chi connectivity index (χ0) is 14.8. The van der Waals surface area contributed by atoms with Crippen molar-refractivity contribution in [3.05, 3.63) is 65.1 Å². The summed E-state index contributed by atoms with van der Waals surface area (Å²) in [6.07, 6.45) is 1.81. The Balaban J connectivity index is 2.31. The largest absolute Gasteiger partial charge is 0.256 e. The Morgan fingerprint density at radius 1 is 1.05 bits per heavy atom. The fraction of sp³-hybridized carbons (Fsp3) is 0.211. The van der Waals surface area contributed by atoms with Crippen LogP contribution < -0.4 is 0 Å². The molecule has 0 bridgehead atoms. The van der Waals surface area contributed by atoms with Crippen molar-refractivity contribution in [3.8, 4) is 11.3 Å². The van der Waals surface area contributed by atoms with Gasteiger partial charge in [-0.15, -0.1) is 0 Å². The number of nitrogens with zero attached hydrogens (tertiary/aromatic N) is 1. The summed E-state index contributed by atoms with van der Waals surface area (Å²) in [5.41, 5.74) is 4.51. The van der Waals surface area contributed by atoms with Crippen LogP contribution in [0.3, 0.4) is 0 Å². The van der Waals surface area contributed by atoms with Gasteiger partial charge in [0.05, 0.1) is 5.69 Å². The number of hydrogen-bond donors (Lipinski definition) is 0. The first-order valence-electron chi connectivity index (χ1n) is 7.20. The van der Waals surface area contributed by atoms with Gasteiger partial charge in [-0.1, -0.05) is 38.1 Å². The molecular formula is C19H16FN. The van der Waals surface area contributed by atoms with Crippen LogP contribution in [0.4, 0.5) is 4.39 Å². The van der Waals surface area contributed by atoms with Gasteiger partial charge in [-0.3, -0.25) is 4.98 Å². The molecule has 1 aliphatic rings. The van der Waals surface area contributed by atoms with E-state index in [1.165, 1.54) is 5.39 Å². The van der Waals surface area contributed by atoms with Crippen LogP contribution in [-0.4, -0.2) is 4.98 Å². The van der Waals surface area contributed by atoms with Crippen LogP contribution in [0.2, 0.25) is 0 Å². The number of pyridine rings is 1. The van der Waals surface area contributed by atoms with Crippen molar-refractivity contribution in [2.75, 3.05) is 0 Å². The van der Waals surface area contributed by atoms with Crippen LogP contribution in [0.5, 0.6) is 0 Å². The average Bonchev–Trinajstić information content (AvgIpc) is 2.47. The molecule has 2 heteroatoms. The second-order valence-electron chi connectivity index (χ2n) is 6.30. The molecule has 3 aromatic rings. The van der Waals surface area contributed by atoms with Gasteiger partial charge in [0, 0.05) is 28.1 Å². The number of aromatic nitrogens is 1. The van der Waals surface area contributed by atoms with E-state index >= 15 is 0 Å². The summed E-state index contributed by atoms with van der Waals surface area (Å²) in [5, 5.41) is 2.33. The molecule has 1 aromatic heterocycles. The van der Waals surface area contributed by atoms with E-state index in [1.54, 1.807) is 6.07 Å². The van der Waals surface area contributed by atoms with Crippen LogP contribution in [0, 0.1) is 12.7 Å². The van der Waals surface area contributed by atoms with Gasteiger partial charge in [0.2, 0.25) is 0 Å². The third-order valence-electron chi connectivity index (χ3n) is 4.69. The smallest absolute Gasteiger partial charge is 0.127 e. The second kappa shape index (κ2) is 3.91. The standard InChI is InChI=1S/C19H16FN/c1-11-7-8-14(20)17-15(11)18-16-12(9-10-21-18)5-4-6-13(16)19(17,2)3/h4-10H,1-3H3. The molecule has 0 atom stereocenters. The van der Waals surface area contributed by atoms with Crippen molar-refractivity contribution in [1.29, 1.82) is 0 Å². The van der Waals surface area contributed by atoms with Crippen LogP contribution >= 0.6 is 0 Å². The highest BCUT2D eigenvalue weighted by molar-refractivity contribution is 6.01. The number of benzene rings is 2. The van der Waals surface area contributed by atoms with Crippen molar-refractivity contribution < 1.29 is 4.39 Å². The minimum absolute atomic E-state index is 0.145. The Morgan fingerprint density at radius 3 is 2.67 bits per heavy atom. The van der Waals surface area contributed by atoms with Crippen molar-refractivity contribution in [2.45, 2.75) is 26.2 Å². The number of halogens is 1.